The Hall–Kier alpha value is -0.530. The molecule has 1 aromatic rings. The van der Waals surface area contributed by atoms with Crippen molar-refractivity contribution in [2.45, 2.75) is 18.2 Å². The normalized spacial score (nSPS) is 12.5. The van der Waals surface area contributed by atoms with Crippen LogP contribution in [-0.4, -0.2) is 5.78 Å². The predicted octanol–water partition coefficient (Wildman–Crippen LogP) is 3.29. The molecule has 1 unspecified atom stereocenters. The minimum atomic E-state index is -0.574. The molecular weight excluding hydrogens is 207 g/mol. The summed E-state index contributed by atoms with van der Waals surface area (Å²) in [6.07, 6.45) is 0. The molecule has 70 valence electrons. The highest BCUT2D eigenvalue weighted by Crippen LogP contribution is 2.25. The summed E-state index contributed by atoms with van der Waals surface area (Å²) >= 11 is 11.6. The molecular formula is C10H10Cl2O. The van der Waals surface area contributed by atoms with Crippen LogP contribution in [0.15, 0.2) is 24.3 Å². The highest BCUT2D eigenvalue weighted by molar-refractivity contribution is 6.31. The molecule has 0 aromatic heterocycles. The maximum absolute atomic E-state index is 11.0. The first kappa shape index (κ1) is 10.6. The maximum Gasteiger partial charge on any atom is 0.152 e. The van der Waals surface area contributed by atoms with E-state index in [0.29, 0.717) is 5.88 Å². The number of hydrogen-bond donors (Lipinski definition) is 0. The lowest BCUT2D eigenvalue weighted by atomic mass is 10.0. The highest BCUT2D eigenvalue weighted by Gasteiger charge is 2.15. The molecule has 13 heavy (non-hydrogen) atoms. The molecule has 0 heterocycles. The fourth-order valence-corrected chi connectivity index (χ4v) is 1.58. The van der Waals surface area contributed by atoms with Gasteiger partial charge in [0.2, 0.25) is 0 Å². The average Bonchev–Trinajstić information content (AvgIpc) is 2.16. The van der Waals surface area contributed by atoms with Crippen molar-refractivity contribution in [3.8, 4) is 0 Å². The molecule has 0 saturated heterocycles. The summed E-state index contributed by atoms with van der Waals surface area (Å²) < 4.78 is 0. The predicted molar refractivity (Wildman–Crippen MR) is 55.3 cm³/mol. The van der Waals surface area contributed by atoms with E-state index in [0.717, 1.165) is 11.1 Å². The van der Waals surface area contributed by atoms with Gasteiger partial charge in [-0.05, 0) is 18.1 Å². The number of Topliss-reactive ketones (excluding diaryl/α,β-unsaturated/α-hetero) is 1. The summed E-state index contributed by atoms with van der Waals surface area (Å²) in [6, 6.07) is 7.44. The standard InChI is InChI=1S/C10H10Cl2O/c1-7(13)10(12)9-5-3-2-4-8(9)6-11/h2-5,10H,6H2,1H3. The van der Waals surface area contributed by atoms with Crippen molar-refractivity contribution >= 4 is 29.0 Å². The Bertz CT molecular complexity index is 310. The molecule has 0 bridgehead atoms. The van der Waals surface area contributed by atoms with Crippen molar-refractivity contribution in [2.75, 3.05) is 0 Å². The zero-order chi connectivity index (χ0) is 9.84. The lowest BCUT2D eigenvalue weighted by Crippen LogP contribution is -2.04. The Morgan fingerprint density at radius 2 is 2.08 bits per heavy atom. The molecule has 0 aliphatic carbocycles. The van der Waals surface area contributed by atoms with Crippen molar-refractivity contribution in [1.82, 2.24) is 0 Å². The number of carbonyl (C=O) groups is 1. The third-order valence-corrected chi connectivity index (χ3v) is 2.66. The Balaban J connectivity index is 3.05. The van der Waals surface area contributed by atoms with Crippen LogP contribution in [-0.2, 0) is 10.7 Å². The van der Waals surface area contributed by atoms with Crippen molar-refractivity contribution in [1.29, 1.82) is 0 Å². The molecule has 1 rings (SSSR count). The number of benzene rings is 1. The number of carbonyl (C=O) groups excluding carboxylic acids is 1. The zero-order valence-corrected chi connectivity index (χ0v) is 8.77. The summed E-state index contributed by atoms with van der Waals surface area (Å²) in [5, 5.41) is -0.574. The van der Waals surface area contributed by atoms with Crippen LogP contribution in [0.5, 0.6) is 0 Å². The number of hydrogen-bond acceptors (Lipinski definition) is 1. The number of alkyl halides is 2. The second-order valence-corrected chi connectivity index (χ2v) is 3.51. The number of ketones is 1. The third kappa shape index (κ3) is 2.45. The summed E-state index contributed by atoms with van der Waals surface area (Å²) in [5.41, 5.74) is 1.73. The Morgan fingerprint density at radius 1 is 1.46 bits per heavy atom. The molecule has 0 aliphatic rings. The zero-order valence-electron chi connectivity index (χ0n) is 7.26. The van der Waals surface area contributed by atoms with Gasteiger partial charge >= 0.3 is 0 Å². The van der Waals surface area contributed by atoms with Crippen LogP contribution in [0, 0.1) is 0 Å². The van der Waals surface area contributed by atoms with Crippen LogP contribution >= 0.6 is 23.2 Å². The summed E-state index contributed by atoms with van der Waals surface area (Å²) in [4.78, 5) is 11.0. The van der Waals surface area contributed by atoms with Crippen molar-refractivity contribution < 1.29 is 4.79 Å². The Morgan fingerprint density at radius 3 is 2.62 bits per heavy atom. The molecule has 3 heteroatoms. The average molecular weight is 217 g/mol. The summed E-state index contributed by atoms with van der Waals surface area (Å²) in [6.45, 7) is 1.47. The quantitative estimate of drug-likeness (QED) is 0.710. The fourth-order valence-electron chi connectivity index (χ4n) is 1.12. The van der Waals surface area contributed by atoms with Gasteiger partial charge in [-0.15, -0.1) is 23.2 Å². The SMILES string of the molecule is CC(=O)C(Cl)c1ccccc1CCl. The number of halogens is 2. The van der Waals surface area contributed by atoms with Gasteiger partial charge in [0.15, 0.2) is 5.78 Å². The van der Waals surface area contributed by atoms with E-state index >= 15 is 0 Å². The van der Waals surface area contributed by atoms with Crippen molar-refractivity contribution in [2.24, 2.45) is 0 Å². The van der Waals surface area contributed by atoms with E-state index in [-0.39, 0.29) is 5.78 Å². The van der Waals surface area contributed by atoms with Crippen molar-refractivity contribution in [3.05, 3.63) is 35.4 Å². The van der Waals surface area contributed by atoms with Gasteiger partial charge in [0.1, 0.15) is 5.38 Å². The second kappa shape index (κ2) is 4.64. The largest absolute Gasteiger partial charge is 0.298 e. The molecule has 0 aliphatic heterocycles. The topological polar surface area (TPSA) is 17.1 Å². The van der Waals surface area contributed by atoms with Gasteiger partial charge in [-0.3, -0.25) is 4.79 Å². The van der Waals surface area contributed by atoms with Crippen LogP contribution in [0.25, 0.3) is 0 Å². The van der Waals surface area contributed by atoms with E-state index in [2.05, 4.69) is 0 Å². The minimum Gasteiger partial charge on any atom is -0.298 e. The van der Waals surface area contributed by atoms with E-state index in [9.17, 15) is 4.79 Å². The molecule has 0 spiro atoms. The van der Waals surface area contributed by atoms with Crippen LogP contribution in [0.1, 0.15) is 23.4 Å². The molecule has 1 nitrogen and oxygen atoms in total. The monoisotopic (exact) mass is 216 g/mol. The van der Waals surface area contributed by atoms with E-state index in [4.69, 9.17) is 23.2 Å². The minimum absolute atomic E-state index is 0.0563. The Kier molecular flexibility index (Phi) is 3.76. The summed E-state index contributed by atoms with van der Waals surface area (Å²) in [7, 11) is 0. The lowest BCUT2D eigenvalue weighted by Gasteiger charge is -2.09. The Labute approximate surface area is 87.7 Å². The van der Waals surface area contributed by atoms with E-state index in [1.54, 1.807) is 0 Å². The molecule has 0 saturated carbocycles. The van der Waals surface area contributed by atoms with Crippen molar-refractivity contribution in [3.63, 3.8) is 0 Å². The molecule has 0 N–H and O–H groups in total. The smallest absolute Gasteiger partial charge is 0.152 e. The summed E-state index contributed by atoms with van der Waals surface area (Å²) in [5.74, 6) is 0.325. The van der Waals surface area contributed by atoms with Gasteiger partial charge in [0.05, 0.1) is 0 Å². The van der Waals surface area contributed by atoms with Gasteiger partial charge < -0.3 is 0 Å². The first-order chi connectivity index (χ1) is 6.16. The third-order valence-electron chi connectivity index (χ3n) is 1.83. The van der Waals surface area contributed by atoms with E-state index in [1.807, 2.05) is 24.3 Å². The van der Waals surface area contributed by atoms with Crippen LogP contribution in [0.2, 0.25) is 0 Å². The van der Waals surface area contributed by atoms with Crippen LogP contribution in [0.4, 0.5) is 0 Å². The van der Waals surface area contributed by atoms with Crippen LogP contribution < -0.4 is 0 Å². The van der Waals surface area contributed by atoms with Crippen LogP contribution in [0.3, 0.4) is 0 Å². The van der Waals surface area contributed by atoms with Gasteiger partial charge in [0.25, 0.3) is 0 Å². The lowest BCUT2D eigenvalue weighted by molar-refractivity contribution is -0.116. The first-order valence-electron chi connectivity index (χ1n) is 3.95. The molecule has 0 fully saturated rings. The van der Waals surface area contributed by atoms with Gasteiger partial charge in [0, 0.05) is 5.88 Å². The molecule has 0 radical (unpaired) electrons. The molecule has 1 aromatic carbocycles. The number of rotatable bonds is 3. The van der Waals surface area contributed by atoms with Gasteiger partial charge in [-0.2, -0.15) is 0 Å². The van der Waals surface area contributed by atoms with Gasteiger partial charge in [-0.1, -0.05) is 24.3 Å². The highest BCUT2D eigenvalue weighted by atomic mass is 35.5. The van der Waals surface area contributed by atoms with Gasteiger partial charge in [-0.25, -0.2) is 0 Å². The first-order valence-corrected chi connectivity index (χ1v) is 4.92. The van der Waals surface area contributed by atoms with E-state index in [1.165, 1.54) is 6.92 Å². The molecule has 0 amide bonds. The molecule has 1 atom stereocenters. The maximum atomic E-state index is 11.0. The van der Waals surface area contributed by atoms with E-state index < -0.39 is 5.38 Å². The fraction of sp³-hybridized carbons (Fsp3) is 0.300. The second-order valence-electron chi connectivity index (χ2n) is 2.81.